The summed E-state index contributed by atoms with van der Waals surface area (Å²) in [6.07, 6.45) is 0. The predicted octanol–water partition coefficient (Wildman–Crippen LogP) is 2.28. The van der Waals surface area contributed by atoms with E-state index in [1.165, 1.54) is 11.8 Å². The number of aromatic nitrogens is 1. The molecule has 1 amide bonds. The van der Waals surface area contributed by atoms with E-state index in [2.05, 4.69) is 10.3 Å². The molecule has 0 radical (unpaired) electrons. The van der Waals surface area contributed by atoms with Crippen LogP contribution in [0.15, 0.2) is 27.5 Å². The summed E-state index contributed by atoms with van der Waals surface area (Å²) in [5.74, 6) is 1.11. The fraction of sp³-hybridized carbons (Fsp3) is 0.167. The monoisotopic (exact) mass is 261 g/mol. The first-order valence-electron chi connectivity index (χ1n) is 5.43. The smallest absolute Gasteiger partial charge is 0.292 e. The van der Waals surface area contributed by atoms with Crippen LogP contribution in [0.5, 0.6) is 0 Å². The Bertz CT molecular complexity index is 636. The van der Waals surface area contributed by atoms with Crippen molar-refractivity contribution in [3.63, 3.8) is 0 Å². The lowest BCUT2D eigenvalue weighted by molar-refractivity contribution is -0.113. The van der Waals surface area contributed by atoms with Crippen LogP contribution in [0.1, 0.15) is 5.69 Å². The highest BCUT2D eigenvalue weighted by Crippen LogP contribution is 2.36. The average molecular weight is 261 g/mol. The Hall–Kier alpha value is -1.95. The van der Waals surface area contributed by atoms with Crippen LogP contribution >= 0.6 is 11.8 Å². The number of benzene rings is 1. The minimum Gasteiger partial charge on any atom is -0.423 e. The first-order chi connectivity index (χ1) is 8.63. The number of fused-ring (bicyclic) bond motifs is 1. The number of nitrogens with zero attached hydrogens (tertiary/aromatic N) is 1. The van der Waals surface area contributed by atoms with Gasteiger partial charge in [-0.15, -0.1) is 11.8 Å². The van der Waals surface area contributed by atoms with Gasteiger partial charge in [0.15, 0.2) is 5.76 Å². The number of oxazole rings is 1. The lowest BCUT2D eigenvalue weighted by Crippen LogP contribution is -2.18. The van der Waals surface area contributed by atoms with E-state index in [-0.39, 0.29) is 11.9 Å². The highest BCUT2D eigenvalue weighted by molar-refractivity contribution is 8.00. The van der Waals surface area contributed by atoms with E-state index in [0.29, 0.717) is 11.5 Å². The van der Waals surface area contributed by atoms with Crippen molar-refractivity contribution in [3.8, 4) is 11.3 Å². The molecule has 5 nitrogen and oxygen atoms in total. The largest absolute Gasteiger partial charge is 0.423 e. The zero-order chi connectivity index (χ0) is 12.7. The number of nitrogens with one attached hydrogen (secondary N) is 1. The second-order valence-electron chi connectivity index (χ2n) is 4.01. The Morgan fingerprint density at radius 1 is 1.50 bits per heavy atom. The Balaban J connectivity index is 2.07. The molecule has 2 aromatic rings. The highest BCUT2D eigenvalue weighted by atomic mass is 32.2. The third-order valence-electron chi connectivity index (χ3n) is 2.69. The Labute approximate surface area is 108 Å². The second kappa shape index (κ2) is 4.06. The first kappa shape index (κ1) is 11.2. The SMILES string of the molecule is Cc1nc(N)oc1-c1ccc2c(c1)NC(=O)CS2. The van der Waals surface area contributed by atoms with Gasteiger partial charge in [0.05, 0.1) is 17.1 Å². The van der Waals surface area contributed by atoms with Crippen molar-refractivity contribution in [3.05, 3.63) is 23.9 Å². The number of nitrogens with two attached hydrogens (primary N) is 1. The van der Waals surface area contributed by atoms with Crippen LogP contribution in [0.2, 0.25) is 0 Å². The van der Waals surface area contributed by atoms with Crippen molar-refractivity contribution in [1.29, 1.82) is 0 Å². The highest BCUT2D eigenvalue weighted by Gasteiger charge is 2.17. The molecule has 0 fully saturated rings. The molecule has 6 heteroatoms. The second-order valence-corrected chi connectivity index (χ2v) is 5.03. The Morgan fingerprint density at radius 3 is 3.06 bits per heavy atom. The van der Waals surface area contributed by atoms with Crippen molar-refractivity contribution in [1.82, 2.24) is 4.98 Å². The Morgan fingerprint density at radius 2 is 2.33 bits per heavy atom. The molecule has 92 valence electrons. The average Bonchev–Trinajstić information content (AvgIpc) is 2.67. The van der Waals surface area contributed by atoms with Gasteiger partial charge < -0.3 is 15.5 Å². The van der Waals surface area contributed by atoms with Gasteiger partial charge in [-0.2, -0.15) is 4.98 Å². The normalized spacial score (nSPS) is 14.2. The van der Waals surface area contributed by atoms with E-state index in [9.17, 15) is 4.79 Å². The number of rotatable bonds is 1. The van der Waals surface area contributed by atoms with Gasteiger partial charge in [-0.05, 0) is 25.1 Å². The molecular formula is C12H11N3O2S. The topological polar surface area (TPSA) is 81.2 Å². The molecule has 0 atom stereocenters. The summed E-state index contributed by atoms with van der Waals surface area (Å²) < 4.78 is 5.37. The third-order valence-corrected chi connectivity index (χ3v) is 3.76. The third kappa shape index (κ3) is 1.84. The number of hydrogen-bond donors (Lipinski definition) is 2. The standard InChI is InChI=1S/C12H11N3O2S/c1-6-11(17-12(13)14-6)7-2-3-9-8(4-7)15-10(16)5-18-9/h2-4H,5H2,1H3,(H2,13,14)(H,15,16). The molecule has 0 aliphatic carbocycles. The number of thioether (sulfide) groups is 1. The lowest BCUT2D eigenvalue weighted by atomic mass is 10.1. The van der Waals surface area contributed by atoms with E-state index < -0.39 is 0 Å². The Kier molecular flexibility index (Phi) is 2.52. The summed E-state index contributed by atoms with van der Waals surface area (Å²) >= 11 is 1.53. The van der Waals surface area contributed by atoms with Gasteiger partial charge in [0.1, 0.15) is 0 Å². The molecule has 18 heavy (non-hydrogen) atoms. The molecule has 3 N–H and O–H groups in total. The summed E-state index contributed by atoms with van der Waals surface area (Å²) in [6, 6.07) is 5.94. The minimum atomic E-state index is 0.0125. The van der Waals surface area contributed by atoms with Gasteiger partial charge in [-0.25, -0.2) is 0 Å². The van der Waals surface area contributed by atoms with Crippen molar-refractivity contribution < 1.29 is 9.21 Å². The summed E-state index contributed by atoms with van der Waals surface area (Å²) in [5.41, 5.74) is 7.93. The first-order valence-corrected chi connectivity index (χ1v) is 6.42. The van der Waals surface area contributed by atoms with Gasteiger partial charge >= 0.3 is 0 Å². The fourth-order valence-electron chi connectivity index (χ4n) is 1.91. The van der Waals surface area contributed by atoms with Crippen molar-refractivity contribution in [2.45, 2.75) is 11.8 Å². The summed E-state index contributed by atoms with van der Waals surface area (Å²) in [6.45, 7) is 1.84. The van der Waals surface area contributed by atoms with Crippen LogP contribution in [0.4, 0.5) is 11.7 Å². The van der Waals surface area contributed by atoms with Crippen LogP contribution < -0.4 is 11.1 Å². The maximum Gasteiger partial charge on any atom is 0.292 e. The van der Waals surface area contributed by atoms with Gasteiger partial charge in [-0.3, -0.25) is 4.79 Å². The molecule has 1 aliphatic heterocycles. The minimum absolute atomic E-state index is 0.0125. The van der Waals surface area contributed by atoms with Gasteiger partial charge in [0, 0.05) is 10.5 Å². The molecule has 0 unspecified atom stereocenters. The van der Waals surface area contributed by atoms with Crippen molar-refractivity contribution in [2.24, 2.45) is 0 Å². The molecule has 0 spiro atoms. The number of nitrogen functional groups attached to an aromatic ring is 1. The number of hydrogen-bond acceptors (Lipinski definition) is 5. The molecule has 2 heterocycles. The van der Waals surface area contributed by atoms with E-state index in [1.807, 2.05) is 25.1 Å². The molecular weight excluding hydrogens is 250 g/mol. The van der Waals surface area contributed by atoms with E-state index in [4.69, 9.17) is 10.2 Å². The zero-order valence-corrected chi connectivity index (χ0v) is 10.5. The van der Waals surface area contributed by atoms with Crippen molar-refractivity contribution >= 4 is 29.4 Å². The maximum atomic E-state index is 11.4. The maximum absolute atomic E-state index is 11.4. The quantitative estimate of drug-likeness (QED) is 0.823. The predicted molar refractivity (Wildman–Crippen MR) is 70.4 cm³/mol. The van der Waals surface area contributed by atoms with Crippen LogP contribution in [0, 0.1) is 6.92 Å². The molecule has 0 saturated heterocycles. The van der Waals surface area contributed by atoms with E-state index >= 15 is 0 Å². The van der Waals surface area contributed by atoms with Crippen LogP contribution in [-0.2, 0) is 4.79 Å². The summed E-state index contributed by atoms with van der Waals surface area (Å²) in [4.78, 5) is 16.4. The van der Waals surface area contributed by atoms with E-state index in [1.54, 1.807) is 0 Å². The lowest BCUT2D eigenvalue weighted by Gasteiger charge is -2.16. The van der Waals surface area contributed by atoms with Gasteiger partial charge in [0.2, 0.25) is 5.91 Å². The summed E-state index contributed by atoms with van der Waals surface area (Å²) in [7, 11) is 0. The number of carbonyl (C=O) groups excluding carboxylic acids is 1. The number of carbonyl (C=O) groups is 1. The van der Waals surface area contributed by atoms with Crippen molar-refractivity contribution in [2.75, 3.05) is 16.8 Å². The summed E-state index contributed by atoms with van der Waals surface area (Å²) in [5, 5.41) is 2.84. The molecule has 1 aliphatic rings. The van der Waals surface area contributed by atoms with Crippen LogP contribution in [0.25, 0.3) is 11.3 Å². The van der Waals surface area contributed by atoms with Gasteiger partial charge in [0.25, 0.3) is 6.01 Å². The number of amides is 1. The molecule has 1 aromatic carbocycles. The fourth-order valence-corrected chi connectivity index (χ4v) is 2.70. The van der Waals surface area contributed by atoms with E-state index in [0.717, 1.165) is 21.8 Å². The molecule has 3 rings (SSSR count). The number of anilines is 2. The zero-order valence-electron chi connectivity index (χ0n) is 9.69. The molecule has 0 bridgehead atoms. The van der Waals surface area contributed by atoms with Crippen LogP contribution in [-0.4, -0.2) is 16.6 Å². The number of aryl methyl sites for hydroxylation is 1. The molecule has 0 saturated carbocycles. The van der Waals surface area contributed by atoms with Gasteiger partial charge in [-0.1, -0.05) is 0 Å². The molecule has 1 aromatic heterocycles. The van der Waals surface area contributed by atoms with Crippen LogP contribution in [0.3, 0.4) is 0 Å².